The van der Waals surface area contributed by atoms with Crippen LogP contribution in [0.5, 0.6) is 11.5 Å². The Kier molecular flexibility index (Phi) is 3.33. The molecule has 0 fully saturated rings. The van der Waals surface area contributed by atoms with E-state index in [-0.39, 0.29) is 11.5 Å². The van der Waals surface area contributed by atoms with Crippen molar-refractivity contribution >= 4 is 11.4 Å². The molecule has 0 bridgehead atoms. The van der Waals surface area contributed by atoms with Crippen LogP contribution >= 0.6 is 0 Å². The molecule has 0 aliphatic rings. The zero-order valence-corrected chi connectivity index (χ0v) is 10.4. The molecule has 3 heteroatoms. The zero-order valence-electron chi connectivity index (χ0n) is 10.4. The van der Waals surface area contributed by atoms with Crippen molar-refractivity contribution in [1.82, 2.24) is 0 Å². The molecule has 0 spiro atoms. The monoisotopic (exact) mass is 241 g/mol. The van der Waals surface area contributed by atoms with Gasteiger partial charge in [-0.1, -0.05) is 12.1 Å². The van der Waals surface area contributed by atoms with Gasteiger partial charge in [-0.3, -0.25) is 4.99 Å². The fourth-order valence-electron chi connectivity index (χ4n) is 1.79. The Bertz CT molecular complexity index is 603. The number of aryl methyl sites for hydroxylation is 1. The van der Waals surface area contributed by atoms with E-state index in [0.29, 0.717) is 5.56 Å². The summed E-state index contributed by atoms with van der Waals surface area (Å²) in [4.78, 5) is 4.48. The van der Waals surface area contributed by atoms with E-state index in [1.807, 2.05) is 26.0 Å². The molecule has 2 aromatic carbocycles. The summed E-state index contributed by atoms with van der Waals surface area (Å²) in [6, 6.07) is 12.1. The molecular weight excluding hydrogens is 226 g/mol. The van der Waals surface area contributed by atoms with E-state index in [4.69, 9.17) is 0 Å². The van der Waals surface area contributed by atoms with Crippen molar-refractivity contribution in [3.05, 3.63) is 53.6 Å². The molecule has 0 unspecified atom stereocenters. The van der Waals surface area contributed by atoms with Crippen molar-refractivity contribution in [1.29, 1.82) is 0 Å². The molecule has 18 heavy (non-hydrogen) atoms. The van der Waals surface area contributed by atoms with Gasteiger partial charge in [-0.05, 0) is 49.7 Å². The van der Waals surface area contributed by atoms with Crippen LogP contribution in [-0.2, 0) is 0 Å². The number of para-hydroxylation sites is 1. The molecule has 2 rings (SSSR count). The fraction of sp³-hybridized carbons (Fsp3) is 0.133. The second-order valence-electron chi connectivity index (χ2n) is 4.19. The molecule has 0 aliphatic carbocycles. The van der Waals surface area contributed by atoms with Gasteiger partial charge in [0.15, 0.2) is 0 Å². The van der Waals surface area contributed by atoms with E-state index in [9.17, 15) is 10.2 Å². The van der Waals surface area contributed by atoms with Crippen LogP contribution in [0.2, 0.25) is 0 Å². The number of phenolic OH excluding ortho intramolecular Hbond substituents is 2. The van der Waals surface area contributed by atoms with Crippen LogP contribution in [0, 0.1) is 6.92 Å². The van der Waals surface area contributed by atoms with E-state index < -0.39 is 0 Å². The summed E-state index contributed by atoms with van der Waals surface area (Å²) in [5.41, 5.74) is 3.13. The van der Waals surface area contributed by atoms with Gasteiger partial charge in [0.05, 0.1) is 5.69 Å². The second kappa shape index (κ2) is 4.92. The van der Waals surface area contributed by atoms with Gasteiger partial charge in [0.2, 0.25) is 0 Å². The van der Waals surface area contributed by atoms with Crippen LogP contribution in [0.15, 0.2) is 47.5 Å². The Morgan fingerprint density at radius 3 is 2.44 bits per heavy atom. The molecule has 0 aliphatic heterocycles. The largest absolute Gasteiger partial charge is 0.508 e. The van der Waals surface area contributed by atoms with Crippen LogP contribution in [0.4, 0.5) is 5.69 Å². The molecule has 92 valence electrons. The van der Waals surface area contributed by atoms with E-state index in [2.05, 4.69) is 4.99 Å². The number of benzene rings is 2. The summed E-state index contributed by atoms with van der Waals surface area (Å²) in [6.45, 7) is 3.73. The second-order valence-corrected chi connectivity index (χ2v) is 4.19. The van der Waals surface area contributed by atoms with Gasteiger partial charge in [0.1, 0.15) is 11.5 Å². The molecule has 0 aromatic heterocycles. The number of nitrogens with zero attached hydrogens (tertiary/aromatic N) is 1. The minimum absolute atomic E-state index is 0.218. The summed E-state index contributed by atoms with van der Waals surface area (Å²) >= 11 is 0. The SMILES string of the molecule is CC(=Nc1ccc(O)cc1C)c1ccccc1O. The molecule has 0 saturated heterocycles. The van der Waals surface area contributed by atoms with Gasteiger partial charge < -0.3 is 10.2 Å². The zero-order chi connectivity index (χ0) is 13.1. The Morgan fingerprint density at radius 2 is 1.78 bits per heavy atom. The van der Waals surface area contributed by atoms with Crippen LogP contribution in [-0.4, -0.2) is 15.9 Å². The van der Waals surface area contributed by atoms with Crippen molar-refractivity contribution in [2.24, 2.45) is 4.99 Å². The minimum Gasteiger partial charge on any atom is -0.508 e. The molecule has 2 N–H and O–H groups in total. The highest BCUT2D eigenvalue weighted by atomic mass is 16.3. The molecule has 3 nitrogen and oxygen atoms in total. The maximum atomic E-state index is 9.75. The Morgan fingerprint density at radius 1 is 1.06 bits per heavy atom. The first-order valence-electron chi connectivity index (χ1n) is 5.71. The lowest BCUT2D eigenvalue weighted by Crippen LogP contribution is -1.94. The lowest BCUT2D eigenvalue weighted by molar-refractivity contribution is 0.473. The third kappa shape index (κ3) is 2.51. The van der Waals surface area contributed by atoms with Crippen LogP contribution in [0.25, 0.3) is 0 Å². The first-order valence-corrected chi connectivity index (χ1v) is 5.71. The average molecular weight is 241 g/mol. The molecule has 0 amide bonds. The predicted octanol–water partition coefficient (Wildman–Crippen LogP) is 3.55. The van der Waals surface area contributed by atoms with E-state index >= 15 is 0 Å². The quantitative estimate of drug-likeness (QED) is 0.790. The number of rotatable bonds is 2. The molecular formula is C15H15NO2. The number of aromatic hydroxyl groups is 2. The Labute approximate surface area is 106 Å². The molecule has 0 atom stereocenters. The molecule has 0 saturated carbocycles. The third-order valence-corrected chi connectivity index (χ3v) is 2.76. The maximum absolute atomic E-state index is 9.75. The smallest absolute Gasteiger partial charge is 0.124 e. The Balaban J connectivity index is 2.42. The average Bonchev–Trinajstić information content (AvgIpc) is 2.33. The van der Waals surface area contributed by atoms with Crippen molar-refractivity contribution < 1.29 is 10.2 Å². The van der Waals surface area contributed by atoms with Crippen molar-refractivity contribution in [2.75, 3.05) is 0 Å². The van der Waals surface area contributed by atoms with Crippen molar-refractivity contribution in [3.63, 3.8) is 0 Å². The number of hydrogen-bond acceptors (Lipinski definition) is 3. The van der Waals surface area contributed by atoms with E-state index in [1.54, 1.807) is 30.3 Å². The van der Waals surface area contributed by atoms with E-state index in [0.717, 1.165) is 17.0 Å². The first kappa shape index (κ1) is 12.2. The number of hydrogen-bond donors (Lipinski definition) is 2. The fourth-order valence-corrected chi connectivity index (χ4v) is 1.79. The van der Waals surface area contributed by atoms with Crippen molar-refractivity contribution in [3.8, 4) is 11.5 Å². The van der Waals surface area contributed by atoms with Gasteiger partial charge in [-0.2, -0.15) is 0 Å². The van der Waals surface area contributed by atoms with E-state index in [1.165, 1.54) is 0 Å². The summed E-state index contributed by atoms with van der Waals surface area (Å²) < 4.78 is 0. The van der Waals surface area contributed by atoms with Crippen LogP contribution in [0.3, 0.4) is 0 Å². The summed E-state index contributed by atoms with van der Waals surface area (Å²) in [7, 11) is 0. The normalized spacial score (nSPS) is 11.6. The topological polar surface area (TPSA) is 52.8 Å². The molecule has 2 aromatic rings. The van der Waals surface area contributed by atoms with Gasteiger partial charge in [-0.15, -0.1) is 0 Å². The highest BCUT2D eigenvalue weighted by molar-refractivity contribution is 6.02. The molecule has 0 heterocycles. The predicted molar refractivity (Wildman–Crippen MR) is 72.8 cm³/mol. The highest BCUT2D eigenvalue weighted by Gasteiger charge is 2.04. The summed E-state index contributed by atoms with van der Waals surface area (Å²) in [5, 5.41) is 19.1. The molecule has 0 radical (unpaired) electrons. The van der Waals surface area contributed by atoms with Gasteiger partial charge in [0.25, 0.3) is 0 Å². The van der Waals surface area contributed by atoms with Crippen LogP contribution < -0.4 is 0 Å². The standard InChI is InChI=1S/C15H15NO2/c1-10-9-12(17)7-8-14(10)16-11(2)13-5-3-4-6-15(13)18/h3-9,17-18H,1-2H3. The summed E-state index contributed by atoms with van der Waals surface area (Å²) in [5.74, 6) is 0.446. The maximum Gasteiger partial charge on any atom is 0.124 e. The lowest BCUT2D eigenvalue weighted by atomic mass is 10.1. The summed E-state index contributed by atoms with van der Waals surface area (Å²) in [6.07, 6.45) is 0. The number of aliphatic imine (C=N–C) groups is 1. The van der Waals surface area contributed by atoms with Crippen molar-refractivity contribution in [2.45, 2.75) is 13.8 Å². The Hall–Kier alpha value is -2.29. The van der Waals surface area contributed by atoms with Gasteiger partial charge >= 0.3 is 0 Å². The van der Waals surface area contributed by atoms with Crippen LogP contribution in [0.1, 0.15) is 18.1 Å². The van der Waals surface area contributed by atoms with Gasteiger partial charge in [0, 0.05) is 11.3 Å². The first-order chi connectivity index (χ1) is 8.58. The lowest BCUT2D eigenvalue weighted by Gasteiger charge is -2.06. The van der Waals surface area contributed by atoms with Gasteiger partial charge in [-0.25, -0.2) is 0 Å². The third-order valence-electron chi connectivity index (χ3n) is 2.76. The highest BCUT2D eigenvalue weighted by Crippen LogP contribution is 2.25. The number of phenols is 2. The minimum atomic E-state index is 0.218.